The van der Waals surface area contributed by atoms with E-state index in [2.05, 4.69) is 15.9 Å². The van der Waals surface area contributed by atoms with E-state index >= 15 is 0 Å². The molecule has 6 heteroatoms. The summed E-state index contributed by atoms with van der Waals surface area (Å²) in [6.07, 6.45) is 0.782. The molecule has 0 radical (unpaired) electrons. The van der Waals surface area contributed by atoms with Gasteiger partial charge in [-0.05, 0) is 47.0 Å². The Morgan fingerprint density at radius 3 is 2.42 bits per heavy atom. The predicted molar refractivity (Wildman–Crippen MR) is 83.0 cm³/mol. The van der Waals surface area contributed by atoms with Gasteiger partial charge in [0.25, 0.3) is 0 Å². The first-order valence-corrected chi connectivity index (χ1v) is 9.01. The fraction of sp³-hybridized carbons (Fsp3) is 0.538. The normalized spacial score (nSPS) is 13.8. The standard InChI is InChI=1S/C13H19BrClNO2S/c1-4-10(3)16(5-2)19(17,18)13-7-6-11(9-15)8-12(13)14/h6-8,10H,4-5,9H2,1-3H3. The largest absolute Gasteiger partial charge is 0.244 e. The lowest BCUT2D eigenvalue weighted by atomic mass is 10.2. The number of hydrogen-bond acceptors (Lipinski definition) is 2. The predicted octanol–water partition coefficient (Wildman–Crippen LogP) is 4.00. The van der Waals surface area contributed by atoms with Gasteiger partial charge in [0.05, 0.1) is 4.90 Å². The Kier molecular flexibility index (Phi) is 6.30. The van der Waals surface area contributed by atoms with Crippen LogP contribution in [0.2, 0.25) is 0 Å². The molecule has 1 unspecified atom stereocenters. The zero-order valence-corrected chi connectivity index (χ0v) is 14.5. The Morgan fingerprint density at radius 1 is 1.37 bits per heavy atom. The molecule has 0 fully saturated rings. The van der Waals surface area contributed by atoms with Gasteiger partial charge in [-0.2, -0.15) is 4.31 Å². The maximum atomic E-state index is 12.6. The molecule has 0 bridgehead atoms. The Hall–Kier alpha value is -0.100. The lowest BCUT2D eigenvalue weighted by Gasteiger charge is -2.26. The van der Waals surface area contributed by atoms with E-state index in [-0.39, 0.29) is 6.04 Å². The van der Waals surface area contributed by atoms with Crippen molar-refractivity contribution in [2.45, 2.75) is 44.0 Å². The SMILES string of the molecule is CCC(C)N(CC)S(=O)(=O)c1ccc(CCl)cc1Br. The van der Waals surface area contributed by atoms with Crippen molar-refractivity contribution in [3.63, 3.8) is 0 Å². The Morgan fingerprint density at radius 2 is 2.00 bits per heavy atom. The van der Waals surface area contributed by atoms with E-state index in [1.165, 1.54) is 4.31 Å². The van der Waals surface area contributed by atoms with E-state index in [1.807, 2.05) is 20.8 Å². The summed E-state index contributed by atoms with van der Waals surface area (Å²) in [6.45, 7) is 6.21. The van der Waals surface area contributed by atoms with Gasteiger partial charge in [0, 0.05) is 22.9 Å². The van der Waals surface area contributed by atoms with Gasteiger partial charge in [0.1, 0.15) is 0 Å². The van der Waals surface area contributed by atoms with Crippen LogP contribution in [0, 0.1) is 0 Å². The van der Waals surface area contributed by atoms with Crippen LogP contribution >= 0.6 is 27.5 Å². The number of alkyl halides is 1. The third-order valence-corrected chi connectivity index (χ3v) is 6.51. The fourth-order valence-corrected chi connectivity index (χ4v) is 4.85. The van der Waals surface area contributed by atoms with Gasteiger partial charge in [-0.1, -0.05) is 19.9 Å². The lowest BCUT2D eigenvalue weighted by Crippen LogP contribution is -2.38. The third kappa shape index (κ3) is 3.72. The Bertz CT molecular complexity index is 533. The summed E-state index contributed by atoms with van der Waals surface area (Å²) < 4.78 is 27.4. The first-order chi connectivity index (χ1) is 8.88. The zero-order chi connectivity index (χ0) is 14.6. The van der Waals surface area contributed by atoms with Gasteiger partial charge < -0.3 is 0 Å². The fourth-order valence-electron chi connectivity index (χ4n) is 1.89. The van der Waals surface area contributed by atoms with E-state index in [4.69, 9.17) is 11.6 Å². The average molecular weight is 369 g/mol. The molecule has 0 heterocycles. The molecule has 0 saturated carbocycles. The van der Waals surface area contributed by atoms with E-state index < -0.39 is 10.0 Å². The van der Waals surface area contributed by atoms with Crippen LogP contribution in [0.3, 0.4) is 0 Å². The van der Waals surface area contributed by atoms with Crippen LogP contribution in [0.25, 0.3) is 0 Å². The average Bonchev–Trinajstić information content (AvgIpc) is 2.38. The molecule has 1 atom stereocenters. The molecular weight excluding hydrogens is 350 g/mol. The first kappa shape index (κ1) is 17.0. The van der Waals surface area contributed by atoms with Gasteiger partial charge in [-0.3, -0.25) is 0 Å². The molecule has 0 aliphatic carbocycles. The van der Waals surface area contributed by atoms with Crippen molar-refractivity contribution in [1.29, 1.82) is 0 Å². The van der Waals surface area contributed by atoms with E-state index in [9.17, 15) is 8.42 Å². The van der Waals surface area contributed by atoms with Crippen LogP contribution < -0.4 is 0 Å². The molecule has 0 N–H and O–H groups in total. The third-order valence-electron chi connectivity index (χ3n) is 3.13. The van der Waals surface area contributed by atoms with Crippen molar-refractivity contribution >= 4 is 37.6 Å². The van der Waals surface area contributed by atoms with Gasteiger partial charge in [-0.25, -0.2) is 8.42 Å². The summed E-state index contributed by atoms with van der Waals surface area (Å²) in [6, 6.07) is 5.09. The highest BCUT2D eigenvalue weighted by atomic mass is 79.9. The maximum Gasteiger partial charge on any atom is 0.244 e. The second kappa shape index (κ2) is 7.07. The van der Waals surface area contributed by atoms with Crippen LogP contribution in [0.5, 0.6) is 0 Å². The number of nitrogens with zero attached hydrogens (tertiary/aromatic N) is 1. The summed E-state index contributed by atoms with van der Waals surface area (Å²) in [5, 5.41) is 0. The second-order valence-electron chi connectivity index (χ2n) is 4.36. The molecule has 0 aliphatic heterocycles. The summed E-state index contributed by atoms with van der Waals surface area (Å²) in [5.41, 5.74) is 0.888. The summed E-state index contributed by atoms with van der Waals surface area (Å²) in [5.74, 6) is 0.363. The Labute approximate surface area is 129 Å². The highest BCUT2D eigenvalue weighted by Crippen LogP contribution is 2.28. The van der Waals surface area contributed by atoms with Crippen molar-refractivity contribution in [1.82, 2.24) is 4.31 Å². The quantitative estimate of drug-likeness (QED) is 0.712. The van der Waals surface area contributed by atoms with Gasteiger partial charge in [-0.15, -0.1) is 11.6 Å². The summed E-state index contributed by atoms with van der Waals surface area (Å²) in [4.78, 5) is 0.295. The molecule has 1 aromatic rings. The van der Waals surface area contributed by atoms with Crippen LogP contribution in [-0.2, 0) is 15.9 Å². The molecule has 0 amide bonds. The molecule has 1 aromatic carbocycles. The van der Waals surface area contributed by atoms with Crippen LogP contribution in [-0.4, -0.2) is 25.3 Å². The first-order valence-electron chi connectivity index (χ1n) is 6.24. The van der Waals surface area contributed by atoms with Crippen LogP contribution in [0.1, 0.15) is 32.8 Å². The van der Waals surface area contributed by atoms with Crippen LogP contribution in [0.15, 0.2) is 27.6 Å². The van der Waals surface area contributed by atoms with Crippen molar-refractivity contribution < 1.29 is 8.42 Å². The second-order valence-corrected chi connectivity index (χ2v) is 7.34. The van der Waals surface area contributed by atoms with Crippen LogP contribution in [0.4, 0.5) is 0 Å². The molecule has 1 rings (SSSR count). The maximum absolute atomic E-state index is 12.6. The van der Waals surface area contributed by atoms with E-state index in [0.717, 1.165) is 12.0 Å². The van der Waals surface area contributed by atoms with Gasteiger partial charge in [0.2, 0.25) is 10.0 Å². The molecule has 108 valence electrons. The highest BCUT2D eigenvalue weighted by Gasteiger charge is 2.28. The van der Waals surface area contributed by atoms with Crippen molar-refractivity contribution in [3.8, 4) is 0 Å². The van der Waals surface area contributed by atoms with Gasteiger partial charge in [0.15, 0.2) is 0 Å². The van der Waals surface area contributed by atoms with Crippen molar-refractivity contribution in [2.75, 3.05) is 6.54 Å². The molecule has 0 aromatic heterocycles. The topological polar surface area (TPSA) is 37.4 Å². The number of rotatable bonds is 6. The van der Waals surface area contributed by atoms with E-state index in [0.29, 0.717) is 21.8 Å². The minimum atomic E-state index is -3.47. The number of halogens is 2. The lowest BCUT2D eigenvalue weighted by molar-refractivity contribution is 0.342. The number of benzene rings is 1. The number of hydrogen-bond donors (Lipinski definition) is 0. The monoisotopic (exact) mass is 367 g/mol. The van der Waals surface area contributed by atoms with Crippen molar-refractivity contribution in [2.24, 2.45) is 0 Å². The molecule has 3 nitrogen and oxygen atoms in total. The Balaban J connectivity index is 3.26. The van der Waals surface area contributed by atoms with E-state index in [1.54, 1.807) is 18.2 Å². The van der Waals surface area contributed by atoms with Crippen molar-refractivity contribution in [3.05, 3.63) is 28.2 Å². The minimum Gasteiger partial charge on any atom is -0.207 e. The summed E-state index contributed by atoms with van der Waals surface area (Å²) in [7, 11) is -3.47. The summed E-state index contributed by atoms with van der Waals surface area (Å²) >= 11 is 9.08. The van der Waals surface area contributed by atoms with Gasteiger partial charge >= 0.3 is 0 Å². The highest BCUT2D eigenvalue weighted by molar-refractivity contribution is 9.10. The molecule has 0 aliphatic rings. The molecular formula is C13H19BrClNO2S. The number of sulfonamides is 1. The minimum absolute atomic E-state index is 0.0189. The molecule has 19 heavy (non-hydrogen) atoms. The molecule has 0 spiro atoms. The molecule has 0 saturated heterocycles. The smallest absolute Gasteiger partial charge is 0.207 e. The zero-order valence-electron chi connectivity index (χ0n) is 11.4.